The SMILES string of the molecule is CCCCCN(C(=O)c1cccc(C(F)(F)F)c1F)C(=O)c1cccc(C(F)(F)F)c1F. The molecule has 2 aromatic carbocycles. The predicted molar refractivity (Wildman–Crippen MR) is 97.7 cm³/mol. The van der Waals surface area contributed by atoms with E-state index in [9.17, 15) is 44.7 Å². The fourth-order valence-corrected chi connectivity index (χ4v) is 2.94. The number of halogens is 8. The number of unbranched alkanes of at least 4 members (excludes halogenated alkanes) is 2. The number of carbonyl (C=O) groups excluding carboxylic acids is 2. The molecule has 0 N–H and O–H groups in total. The largest absolute Gasteiger partial charge is 0.419 e. The fourth-order valence-electron chi connectivity index (χ4n) is 2.94. The summed E-state index contributed by atoms with van der Waals surface area (Å²) in [5.41, 5.74) is -5.74. The molecule has 0 spiro atoms. The molecule has 0 heterocycles. The number of rotatable bonds is 6. The third-order valence-electron chi connectivity index (χ3n) is 4.54. The van der Waals surface area contributed by atoms with Gasteiger partial charge in [0.05, 0.1) is 22.3 Å². The van der Waals surface area contributed by atoms with Crippen LogP contribution in [0.2, 0.25) is 0 Å². The Morgan fingerprint density at radius 2 is 1.16 bits per heavy atom. The Morgan fingerprint density at radius 3 is 1.50 bits per heavy atom. The maximum Gasteiger partial charge on any atom is 0.419 e. The summed E-state index contributed by atoms with van der Waals surface area (Å²) in [7, 11) is 0. The summed E-state index contributed by atoms with van der Waals surface area (Å²) >= 11 is 0. The van der Waals surface area contributed by atoms with Crippen LogP contribution in [-0.2, 0) is 12.4 Å². The van der Waals surface area contributed by atoms with E-state index in [0.29, 0.717) is 37.1 Å². The zero-order chi connectivity index (χ0) is 24.3. The van der Waals surface area contributed by atoms with Gasteiger partial charge in [-0.3, -0.25) is 14.5 Å². The van der Waals surface area contributed by atoms with Crippen molar-refractivity contribution in [2.24, 2.45) is 0 Å². The van der Waals surface area contributed by atoms with Crippen molar-refractivity contribution in [3.63, 3.8) is 0 Å². The fraction of sp³-hybridized carbons (Fsp3) is 0.333. The Morgan fingerprint density at radius 1 is 0.750 bits per heavy atom. The van der Waals surface area contributed by atoms with E-state index in [1.165, 1.54) is 0 Å². The first-order valence-electron chi connectivity index (χ1n) is 9.38. The normalized spacial score (nSPS) is 12.0. The van der Waals surface area contributed by atoms with E-state index >= 15 is 0 Å². The van der Waals surface area contributed by atoms with Gasteiger partial charge in [-0.25, -0.2) is 8.78 Å². The van der Waals surface area contributed by atoms with Crippen LogP contribution in [0.25, 0.3) is 0 Å². The third kappa shape index (κ3) is 5.43. The zero-order valence-corrected chi connectivity index (χ0v) is 16.6. The van der Waals surface area contributed by atoms with Gasteiger partial charge in [0, 0.05) is 6.54 Å². The van der Waals surface area contributed by atoms with Gasteiger partial charge in [0.25, 0.3) is 11.8 Å². The van der Waals surface area contributed by atoms with Crippen LogP contribution in [0.3, 0.4) is 0 Å². The predicted octanol–water partition coefficient (Wildman–Crippen LogP) is 6.48. The first kappa shape index (κ1) is 25.3. The summed E-state index contributed by atoms with van der Waals surface area (Å²) < 4.78 is 107. The molecule has 0 atom stereocenters. The number of amides is 2. The molecule has 0 fully saturated rings. The Labute approximate surface area is 177 Å². The molecule has 0 bridgehead atoms. The molecule has 0 aliphatic heterocycles. The van der Waals surface area contributed by atoms with E-state index in [1.54, 1.807) is 6.92 Å². The number of alkyl halides is 6. The quantitative estimate of drug-likeness (QED) is 0.277. The molecule has 0 unspecified atom stereocenters. The highest BCUT2D eigenvalue weighted by Crippen LogP contribution is 2.34. The maximum absolute atomic E-state index is 14.4. The Balaban J connectivity index is 2.55. The number of imide groups is 1. The summed E-state index contributed by atoms with van der Waals surface area (Å²) in [4.78, 5) is 25.9. The van der Waals surface area contributed by atoms with Crippen LogP contribution < -0.4 is 0 Å². The Kier molecular flexibility index (Phi) is 7.63. The van der Waals surface area contributed by atoms with Crippen molar-refractivity contribution in [2.45, 2.75) is 38.5 Å². The van der Waals surface area contributed by atoms with Gasteiger partial charge in [-0.05, 0) is 30.7 Å². The van der Waals surface area contributed by atoms with Crippen molar-refractivity contribution in [1.82, 2.24) is 4.90 Å². The molecule has 0 aliphatic rings. The molecular weight excluding hydrogens is 450 g/mol. The molecule has 11 heteroatoms. The number of carbonyl (C=O) groups is 2. The highest BCUT2D eigenvalue weighted by molar-refractivity contribution is 6.10. The van der Waals surface area contributed by atoms with E-state index < -0.39 is 64.6 Å². The minimum absolute atomic E-state index is 0.120. The maximum atomic E-state index is 14.4. The minimum atomic E-state index is -5.13. The monoisotopic (exact) mass is 467 g/mol. The topological polar surface area (TPSA) is 37.4 Å². The molecule has 0 saturated carbocycles. The summed E-state index contributed by atoms with van der Waals surface area (Å²) in [5, 5.41) is 0. The van der Waals surface area contributed by atoms with Gasteiger partial charge in [0.1, 0.15) is 11.6 Å². The van der Waals surface area contributed by atoms with Crippen molar-refractivity contribution in [3.05, 3.63) is 70.3 Å². The van der Waals surface area contributed by atoms with Gasteiger partial charge < -0.3 is 0 Å². The number of benzene rings is 2. The lowest BCUT2D eigenvalue weighted by Gasteiger charge is -2.23. The van der Waals surface area contributed by atoms with Crippen molar-refractivity contribution in [3.8, 4) is 0 Å². The standard InChI is InChI=1S/C21H17F8NO2/c1-2-3-4-11-30(18(31)12-7-5-9-14(16(12)22)20(24,25)26)19(32)13-8-6-10-15(17(13)23)21(27,28)29/h5-10H,2-4,11H2,1H3. The summed E-state index contributed by atoms with van der Waals surface area (Å²) in [6.45, 7) is 1.30. The van der Waals surface area contributed by atoms with Crippen molar-refractivity contribution >= 4 is 11.8 Å². The molecule has 3 nitrogen and oxygen atoms in total. The molecule has 0 saturated heterocycles. The average Bonchev–Trinajstić information content (AvgIpc) is 2.69. The lowest BCUT2D eigenvalue weighted by Crippen LogP contribution is -2.39. The van der Waals surface area contributed by atoms with Gasteiger partial charge in [-0.1, -0.05) is 31.9 Å². The first-order valence-corrected chi connectivity index (χ1v) is 9.38. The van der Waals surface area contributed by atoms with Crippen LogP contribution in [0.4, 0.5) is 35.1 Å². The zero-order valence-electron chi connectivity index (χ0n) is 16.6. The number of hydrogen-bond acceptors (Lipinski definition) is 2. The molecule has 0 aromatic heterocycles. The van der Waals surface area contributed by atoms with E-state index in [0.717, 1.165) is 12.1 Å². The second-order valence-corrected chi connectivity index (χ2v) is 6.80. The molecule has 2 rings (SSSR count). The summed E-state index contributed by atoms with van der Waals surface area (Å²) in [5.74, 6) is -6.93. The van der Waals surface area contributed by atoms with Crippen molar-refractivity contribution in [2.75, 3.05) is 6.54 Å². The highest BCUT2D eigenvalue weighted by atomic mass is 19.4. The van der Waals surface area contributed by atoms with Gasteiger partial charge in [-0.2, -0.15) is 26.3 Å². The van der Waals surface area contributed by atoms with E-state index in [2.05, 4.69) is 0 Å². The molecule has 32 heavy (non-hydrogen) atoms. The lowest BCUT2D eigenvalue weighted by atomic mass is 10.0. The minimum Gasteiger partial charge on any atom is -0.274 e. The summed E-state index contributed by atoms with van der Waals surface area (Å²) in [6.07, 6.45) is -9.12. The molecule has 2 amide bonds. The first-order chi connectivity index (χ1) is 14.8. The van der Waals surface area contributed by atoms with Crippen LogP contribution in [0.5, 0.6) is 0 Å². The van der Waals surface area contributed by atoms with E-state index in [1.807, 2.05) is 0 Å². The number of hydrogen-bond donors (Lipinski definition) is 0. The van der Waals surface area contributed by atoms with Crippen molar-refractivity contribution in [1.29, 1.82) is 0 Å². The van der Waals surface area contributed by atoms with E-state index in [-0.39, 0.29) is 11.3 Å². The van der Waals surface area contributed by atoms with Crippen LogP contribution in [0.1, 0.15) is 58.0 Å². The van der Waals surface area contributed by atoms with Gasteiger partial charge in [-0.15, -0.1) is 0 Å². The average molecular weight is 467 g/mol. The highest BCUT2D eigenvalue weighted by Gasteiger charge is 2.39. The number of nitrogens with zero attached hydrogens (tertiary/aromatic N) is 1. The van der Waals surface area contributed by atoms with Crippen LogP contribution in [0.15, 0.2) is 36.4 Å². The Hall–Kier alpha value is -2.98. The second kappa shape index (κ2) is 9.66. The second-order valence-electron chi connectivity index (χ2n) is 6.80. The van der Waals surface area contributed by atoms with Crippen molar-refractivity contribution < 1.29 is 44.7 Å². The van der Waals surface area contributed by atoms with Gasteiger partial charge >= 0.3 is 12.4 Å². The third-order valence-corrected chi connectivity index (χ3v) is 4.54. The molecule has 2 aromatic rings. The van der Waals surface area contributed by atoms with E-state index in [4.69, 9.17) is 0 Å². The van der Waals surface area contributed by atoms with Crippen LogP contribution in [-0.4, -0.2) is 23.3 Å². The lowest BCUT2D eigenvalue weighted by molar-refractivity contribution is -0.140. The van der Waals surface area contributed by atoms with Gasteiger partial charge in [0.2, 0.25) is 0 Å². The molecule has 174 valence electrons. The van der Waals surface area contributed by atoms with Gasteiger partial charge in [0.15, 0.2) is 0 Å². The van der Waals surface area contributed by atoms with Crippen LogP contribution >= 0.6 is 0 Å². The smallest absolute Gasteiger partial charge is 0.274 e. The Bertz CT molecular complexity index is 923. The van der Waals surface area contributed by atoms with Crippen LogP contribution in [0, 0.1) is 11.6 Å². The molecule has 0 aliphatic carbocycles. The molecule has 0 radical (unpaired) electrons. The molecular formula is C21H17F8NO2. The summed E-state index contributed by atoms with van der Waals surface area (Å²) in [6, 6.07) is 3.69.